The van der Waals surface area contributed by atoms with E-state index in [4.69, 9.17) is 21.2 Å². The second kappa shape index (κ2) is 8.53. The van der Waals surface area contributed by atoms with Crippen molar-refractivity contribution in [3.05, 3.63) is 80.5 Å². The molecule has 3 rings (SSSR count). The highest BCUT2D eigenvalue weighted by molar-refractivity contribution is 6.30. The van der Waals surface area contributed by atoms with Gasteiger partial charge in [0.15, 0.2) is 0 Å². The molecule has 0 saturated heterocycles. The molecule has 144 valence electrons. The Labute approximate surface area is 166 Å². The summed E-state index contributed by atoms with van der Waals surface area (Å²) in [5, 5.41) is 19.6. The zero-order valence-corrected chi connectivity index (χ0v) is 16.0. The summed E-state index contributed by atoms with van der Waals surface area (Å²) in [4.78, 5) is 15.5. The molecule has 1 heterocycles. The van der Waals surface area contributed by atoms with E-state index in [1.807, 2.05) is 6.92 Å². The lowest BCUT2D eigenvalue weighted by atomic mass is 10.2. The standard InChI is InChI=1S/C19H17ClN4O4/c1-13-18(11-21-27-12-14-3-7-16(8-4-14)24(25)26)19(23(2)22-13)28-17-9-5-15(20)6-10-17/h3-11H,12H2,1-2H3/b21-11+. The average molecular weight is 401 g/mol. The molecular formula is C19H17ClN4O4. The minimum Gasteiger partial charge on any atom is -0.439 e. The van der Waals surface area contributed by atoms with Gasteiger partial charge in [0.1, 0.15) is 12.4 Å². The largest absolute Gasteiger partial charge is 0.439 e. The Bertz CT molecular complexity index is 998. The predicted octanol–water partition coefficient (Wildman–Crippen LogP) is 4.63. The minimum absolute atomic E-state index is 0.0298. The van der Waals surface area contributed by atoms with E-state index in [1.54, 1.807) is 48.1 Å². The van der Waals surface area contributed by atoms with E-state index in [9.17, 15) is 10.1 Å². The maximum atomic E-state index is 10.7. The highest BCUT2D eigenvalue weighted by atomic mass is 35.5. The van der Waals surface area contributed by atoms with Crippen LogP contribution in [-0.2, 0) is 18.5 Å². The van der Waals surface area contributed by atoms with Crippen LogP contribution >= 0.6 is 11.6 Å². The molecule has 0 unspecified atom stereocenters. The molecule has 0 atom stereocenters. The molecule has 0 aliphatic rings. The molecule has 1 aromatic heterocycles. The van der Waals surface area contributed by atoms with Crippen molar-refractivity contribution in [2.45, 2.75) is 13.5 Å². The molecule has 0 fully saturated rings. The first-order valence-electron chi connectivity index (χ1n) is 8.29. The second-order valence-corrected chi connectivity index (χ2v) is 6.35. The third kappa shape index (κ3) is 4.66. The third-order valence-electron chi connectivity index (χ3n) is 3.88. The maximum Gasteiger partial charge on any atom is 0.269 e. The Morgan fingerprint density at radius 2 is 1.89 bits per heavy atom. The molecule has 0 N–H and O–H groups in total. The van der Waals surface area contributed by atoms with E-state index < -0.39 is 4.92 Å². The first-order valence-corrected chi connectivity index (χ1v) is 8.67. The first-order chi connectivity index (χ1) is 13.4. The van der Waals surface area contributed by atoms with Crippen LogP contribution in [0.4, 0.5) is 5.69 Å². The number of hydrogen-bond donors (Lipinski definition) is 0. The van der Waals surface area contributed by atoms with Gasteiger partial charge >= 0.3 is 0 Å². The average Bonchev–Trinajstić information content (AvgIpc) is 2.94. The number of nitro benzene ring substituents is 1. The van der Waals surface area contributed by atoms with Gasteiger partial charge in [-0.3, -0.25) is 10.1 Å². The Morgan fingerprint density at radius 1 is 1.21 bits per heavy atom. The number of ether oxygens (including phenoxy) is 1. The summed E-state index contributed by atoms with van der Waals surface area (Å²) in [6.45, 7) is 2.02. The van der Waals surface area contributed by atoms with Crippen LogP contribution in [0.1, 0.15) is 16.8 Å². The number of oxime groups is 1. The number of halogens is 1. The fourth-order valence-corrected chi connectivity index (χ4v) is 2.58. The molecule has 9 heteroatoms. The SMILES string of the molecule is Cc1nn(C)c(Oc2ccc(Cl)cc2)c1/C=N/OCc1ccc([N+](=O)[O-])cc1. The summed E-state index contributed by atoms with van der Waals surface area (Å²) in [5.74, 6) is 1.14. The normalized spacial score (nSPS) is 11.0. The summed E-state index contributed by atoms with van der Waals surface area (Å²) in [7, 11) is 1.77. The maximum absolute atomic E-state index is 10.7. The van der Waals surface area contributed by atoms with Crippen LogP contribution in [-0.4, -0.2) is 20.9 Å². The molecule has 0 aliphatic carbocycles. The second-order valence-electron chi connectivity index (χ2n) is 5.92. The van der Waals surface area contributed by atoms with Gasteiger partial charge in [0.25, 0.3) is 5.69 Å². The van der Waals surface area contributed by atoms with Gasteiger partial charge in [-0.05, 0) is 48.9 Å². The van der Waals surface area contributed by atoms with E-state index in [1.165, 1.54) is 18.3 Å². The number of benzene rings is 2. The summed E-state index contributed by atoms with van der Waals surface area (Å²) < 4.78 is 7.51. The van der Waals surface area contributed by atoms with Crippen LogP contribution in [0.3, 0.4) is 0 Å². The molecule has 3 aromatic rings. The molecule has 28 heavy (non-hydrogen) atoms. The lowest BCUT2D eigenvalue weighted by Crippen LogP contribution is -1.97. The third-order valence-corrected chi connectivity index (χ3v) is 4.13. The quantitative estimate of drug-likeness (QED) is 0.327. The van der Waals surface area contributed by atoms with Gasteiger partial charge in [-0.25, -0.2) is 4.68 Å². The van der Waals surface area contributed by atoms with Crippen LogP contribution in [0, 0.1) is 17.0 Å². The van der Waals surface area contributed by atoms with Crippen LogP contribution in [0.5, 0.6) is 11.6 Å². The van der Waals surface area contributed by atoms with Gasteiger partial charge in [-0.1, -0.05) is 16.8 Å². The smallest absolute Gasteiger partial charge is 0.269 e. The van der Waals surface area contributed by atoms with Crippen LogP contribution in [0.25, 0.3) is 0 Å². The molecule has 8 nitrogen and oxygen atoms in total. The van der Waals surface area contributed by atoms with E-state index >= 15 is 0 Å². The number of hydrogen-bond acceptors (Lipinski definition) is 6. The van der Waals surface area contributed by atoms with Gasteiger partial charge in [-0.15, -0.1) is 0 Å². The van der Waals surface area contributed by atoms with E-state index in [0.29, 0.717) is 22.2 Å². The fraction of sp³-hybridized carbons (Fsp3) is 0.158. The Morgan fingerprint density at radius 3 is 2.54 bits per heavy atom. The summed E-state index contributed by atoms with van der Waals surface area (Å²) >= 11 is 5.90. The van der Waals surface area contributed by atoms with E-state index in [2.05, 4.69) is 10.3 Å². The van der Waals surface area contributed by atoms with Crippen molar-refractivity contribution in [3.8, 4) is 11.6 Å². The lowest BCUT2D eigenvalue weighted by Gasteiger charge is -2.07. The van der Waals surface area contributed by atoms with E-state index in [0.717, 1.165) is 11.3 Å². The molecular weight excluding hydrogens is 384 g/mol. The number of aromatic nitrogens is 2. The minimum atomic E-state index is -0.448. The summed E-state index contributed by atoms with van der Waals surface area (Å²) in [6, 6.07) is 13.1. The number of nitro groups is 1. The molecule has 2 aromatic carbocycles. The van der Waals surface area contributed by atoms with Gasteiger partial charge < -0.3 is 9.57 Å². The zero-order valence-electron chi connectivity index (χ0n) is 15.2. The highest BCUT2D eigenvalue weighted by Gasteiger charge is 2.14. The number of nitrogens with zero attached hydrogens (tertiary/aromatic N) is 4. The molecule has 0 spiro atoms. The van der Waals surface area contributed by atoms with Crippen LogP contribution < -0.4 is 4.74 Å². The first kappa shape index (κ1) is 19.4. The highest BCUT2D eigenvalue weighted by Crippen LogP contribution is 2.27. The topological polar surface area (TPSA) is 91.8 Å². The molecule has 0 radical (unpaired) electrons. The molecule has 0 aliphatic heterocycles. The van der Waals surface area contributed by atoms with Gasteiger partial charge in [-0.2, -0.15) is 5.10 Å². The van der Waals surface area contributed by atoms with Crippen molar-refractivity contribution in [1.29, 1.82) is 0 Å². The lowest BCUT2D eigenvalue weighted by molar-refractivity contribution is -0.384. The monoisotopic (exact) mass is 400 g/mol. The summed E-state index contributed by atoms with van der Waals surface area (Å²) in [5.41, 5.74) is 2.21. The van der Waals surface area contributed by atoms with Crippen molar-refractivity contribution in [3.63, 3.8) is 0 Å². The number of aryl methyl sites for hydroxylation is 2. The summed E-state index contributed by atoms with van der Waals surface area (Å²) in [6.07, 6.45) is 1.53. The Kier molecular flexibility index (Phi) is 5.90. The number of non-ortho nitro benzene ring substituents is 1. The van der Waals surface area contributed by atoms with E-state index in [-0.39, 0.29) is 12.3 Å². The van der Waals surface area contributed by atoms with Crippen LogP contribution in [0.2, 0.25) is 5.02 Å². The zero-order chi connectivity index (χ0) is 20.1. The van der Waals surface area contributed by atoms with Crippen molar-refractivity contribution < 1.29 is 14.5 Å². The number of rotatable bonds is 7. The van der Waals surface area contributed by atoms with Gasteiger partial charge in [0, 0.05) is 24.2 Å². The molecule has 0 bridgehead atoms. The predicted molar refractivity (Wildman–Crippen MR) is 105 cm³/mol. The van der Waals surface area contributed by atoms with Crippen LogP contribution in [0.15, 0.2) is 53.7 Å². The van der Waals surface area contributed by atoms with Gasteiger partial charge in [0.2, 0.25) is 5.88 Å². The van der Waals surface area contributed by atoms with Crippen molar-refractivity contribution in [2.24, 2.45) is 12.2 Å². The van der Waals surface area contributed by atoms with Crippen molar-refractivity contribution in [1.82, 2.24) is 9.78 Å². The van der Waals surface area contributed by atoms with Crippen molar-refractivity contribution in [2.75, 3.05) is 0 Å². The Balaban J connectivity index is 1.67. The molecule has 0 saturated carbocycles. The van der Waals surface area contributed by atoms with Gasteiger partial charge in [0.05, 0.1) is 22.4 Å². The Hall–Kier alpha value is -3.39. The fourth-order valence-electron chi connectivity index (χ4n) is 2.45. The van der Waals surface area contributed by atoms with Crippen molar-refractivity contribution >= 4 is 23.5 Å². The molecule has 0 amide bonds.